The number of carbonyl (C=O) groups is 1. The lowest BCUT2D eigenvalue weighted by molar-refractivity contribution is 0.0306. The number of ether oxygens (including phenoxy) is 1. The Hall–Kier alpha value is -3.61. The number of benzene rings is 3. The van der Waals surface area contributed by atoms with Gasteiger partial charge < -0.3 is 9.84 Å². The highest BCUT2D eigenvalue weighted by atomic mass is 16.5. The summed E-state index contributed by atoms with van der Waals surface area (Å²) in [6.45, 7) is 11.3. The predicted molar refractivity (Wildman–Crippen MR) is 144 cm³/mol. The van der Waals surface area contributed by atoms with Crippen LogP contribution in [-0.4, -0.2) is 52.7 Å². The van der Waals surface area contributed by atoms with E-state index in [0.29, 0.717) is 17.8 Å². The molecule has 1 amide bonds. The van der Waals surface area contributed by atoms with Gasteiger partial charge in [-0.3, -0.25) is 15.1 Å². The topological polar surface area (TPSA) is 65.0 Å². The highest BCUT2D eigenvalue weighted by Gasteiger charge is 2.34. The van der Waals surface area contributed by atoms with Crippen molar-refractivity contribution in [2.45, 2.75) is 38.6 Å². The van der Waals surface area contributed by atoms with E-state index in [1.807, 2.05) is 72.8 Å². The average Bonchev–Trinajstić information content (AvgIpc) is 2.87. The molecule has 6 nitrogen and oxygen atoms in total. The number of aromatic hydroxyl groups is 1. The van der Waals surface area contributed by atoms with Gasteiger partial charge in [-0.25, -0.2) is 4.79 Å². The van der Waals surface area contributed by atoms with Gasteiger partial charge in [0.05, 0.1) is 6.04 Å². The van der Waals surface area contributed by atoms with E-state index in [1.165, 1.54) is 0 Å². The summed E-state index contributed by atoms with van der Waals surface area (Å²) in [4.78, 5) is 17.2. The molecule has 6 heteroatoms. The summed E-state index contributed by atoms with van der Waals surface area (Å²) >= 11 is 0. The maximum Gasteiger partial charge on any atom is 0.411 e. The molecule has 0 spiro atoms. The lowest BCUT2D eigenvalue weighted by Gasteiger charge is -2.47. The molecule has 1 fully saturated rings. The Bertz CT molecular complexity index is 1150. The van der Waals surface area contributed by atoms with Gasteiger partial charge in [-0.1, -0.05) is 60.7 Å². The van der Waals surface area contributed by atoms with Gasteiger partial charge in [-0.2, -0.15) is 0 Å². The highest BCUT2D eigenvalue weighted by Crippen LogP contribution is 2.35. The molecule has 0 bridgehead atoms. The molecule has 0 unspecified atom stereocenters. The Labute approximate surface area is 213 Å². The van der Waals surface area contributed by atoms with Crippen molar-refractivity contribution in [2.24, 2.45) is 0 Å². The van der Waals surface area contributed by atoms with Crippen LogP contribution in [0.3, 0.4) is 0 Å². The smallest absolute Gasteiger partial charge is 0.411 e. The predicted octanol–water partition coefficient (Wildman–Crippen LogP) is 5.81. The van der Waals surface area contributed by atoms with Gasteiger partial charge in [0.1, 0.15) is 12.4 Å². The van der Waals surface area contributed by atoms with Crippen molar-refractivity contribution in [1.82, 2.24) is 9.80 Å². The quantitative estimate of drug-likeness (QED) is 0.394. The summed E-state index contributed by atoms with van der Waals surface area (Å²) in [6.07, 6.45) is 1.47. The van der Waals surface area contributed by atoms with Crippen molar-refractivity contribution in [3.63, 3.8) is 0 Å². The molecule has 36 heavy (non-hydrogen) atoms. The summed E-state index contributed by atoms with van der Waals surface area (Å²) < 4.78 is 5.35. The van der Waals surface area contributed by atoms with Crippen LogP contribution in [0.4, 0.5) is 10.5 Å². The maximum absolute atomic E-state index is 12.3. The third-order valence-corrected chi connectivity index (χ3v) is 6.73. The van der Waals surface area contributed by atoms with Gasteiger partial charge in [-0.05, 0) is 54.8 Å². The molecule has 1 saturated heterocycles. The van der Waals surface area contributed by atoms with Gasteiger partial charge in [0.15, 0.2) is 0 Å². The minimum atomic E-state index is -0.489. The molecule has 1 aliphatic heterocycles. The number of nitrogens with zero attached hydrogens (tertiary/aromatic N) is 2. The summed E-state index contributed by atoms with van der Waals surface area (Å²) in [5.41, 5.74) is 3.74. The molecule has 0 aliphatic carbocycles. The first-order valence-electron chi connectivity index (χ1n) is 12.4. The van der Waals surface area contributed by atoms with Gasteiger partial charge in [0, 0.05) is 37.4 Å². The minimum Gasteiger partial charge on any atom is -0.508 e. The Morgan fingerprint density at radius 3 is 2.47 bits per heavy atom. The second kappa shape index (κ2) is 11.9. The minimum absolute atomic E-state index is 0.0282. The molecule has 3 atom stereocenters. The van der Waals surface area contributed by atoms with Crippen LogP contribution in [0, 0.1) is 0 Å². The van der Waals surface area contributed by atoms with E-state index >= 15 is 0 Å². The van der Waals surface area contributed by atoms with Gasteiger partial charge in [0.2, 0.25) is 0 Å². The number of anilines is 1. The van der Waals surface area contributed by atoms with E-state index in [-0.39, 0.29) is 18.4 Å². The molecular weight excluding hydrogens is 450 g/mol. The van der Waals surface area contributed by atoms with Gasteiger partial charge in [0.25, 0.3) is 0 Å². The molecule has 1 aliphatic rings. The fourth-order valence-corrected chi connectivity index (χ4v) is 4.90. The monoisotopic (exact) mass is 485 g/mol. The van der Waals surface area contributed by atoms with E-state index < -0.39 is 6.09 Å². The van der Waals surface area contributed by atoms with Crippen LogP contribution in [0.2, 0.25) is 0 Å². The third-order valence-electron chi connectivity index (χ3n) is 6.73. The summed E-state index contributed by atoms with van der Waals surface area (Å²) in [6, 6.07) is 25.6. The van der Waals surface area contributed by atoms with Crippen molar-refractivity contribution >= 4 is 11.8 Å². The molecule has 3 aromatic rings. The zero-order chi connectivity index (χ0) is 25.5. The number of hydrogen-bond acceptors (Lipinski definition) is 5. The van der Waals surface area contributed by atoms with Crippen molar-refractivity contribution in [3.8, 4) is 5.75 Å². The van der Waals surface area contributed by atoms with E-state index in [4.69, 9.17) is 4.74 Å². The second-order valence-corrected chi connectivity index (χ2v) is 9.44. The normalized spacial score (nSPS) is 19.4. The molecule has 3 aromatic carbocycles. The van der Waals surface area contributed by atoms with Gasteiger partial charge >= 0.3 is 6.09 Å². The number of amides is 1. The Balaban J connectivity index is 1.51. The number of phenols is 1. The standard InChI is InChI=1S/C30H35N3O3/c1-4-17-32-19-23(3)33(20-22(32)2)29(26-11-8-12-28(34)18-26)25-13-15-27(16-14-25)31-30(35)36-21-24-9-6-5-7-10-24/h4-16,18,22-23,29,34H,1,17,19-21H2,2-3H3,(H,31,35)/t22-,23+,29+/m0/s1. The summed E-state index contributed by atoms with van der Waals surface area (Å²) in [7, 11) is 0. The molecule has 0 saturated carbocycles. The maximum atomic E-state index is 12.3. The number of piperazine rings is 1. The zero-order valence-corrected chi connectivity index (χ0v) is 21.0. The number of nitrogens with one attached hydrogen (secondary N) is 1. The van der Waals surface area contributed by atoms with E-state index in [0.717, 1.165) is 36.3 Å². The fraction of sp³-hybridized carbons (Fsp3) is 0.300. The first-order chi connectivity index (χ1) is 17.4. The summed E-state index contributed by atoms with van der Waals surface area (Å²) in [5, 5.41) is 13.0. The number of phenolic OH excluding ortho intramolecular Hbond substituents is 1. The fourth-order valence-electron chi connectivity index (χ4n) is 4.90. The molecule has 4 rings (SSSR count). The lowest BCUT2D eigenvalue weighted by atomic mass is 9.93. The van der Waals surface area contributed by atoms with Crippen LogP contribution in [-0.2, 0) is 11.3 Å². The number of carbonyl (C=O) groups excluding carboxylic acids is 1. The van der Waals surface area contributed by atoms with Crippen LogP contribution < -0.4 is 5.32 Å². The lowest BCUT2D eigenvalue weighted by Crippen LogP contribution is -2.57. The first kappa shape index (κ1) is 25.5. The van der Waals surface area contributed by atoms with Gasteiger partial charge in [-0.15, -0.1) is 6.58 Å². The Morgan fingerprint density at radius 1 is 1.03 bits per heavy atom. The second-order valence-electron chi connectivity index (χ2n) is 9.44. The molecule has 1 heterocycles. The van der Waals surface area contributed by atoms with E-state index in [2.05, 4.69) is 41.6 Å². The average molecular weight is 486 g/mol. The molecule has 0 radical (unpaired) electrons. The third kappa shape index (κ3) is 6.33. The first-order valence-corrected chi connectivity index (χ1v) is 12.4. The summed E-state index contributed by atoms with van der Waals surface area (Å²) in [5.74, 6) is 0.253. The van der Waals surface area contributed by atoms with Crippen molar-refractivity contribution in [1.29, 1.82) is 0 Å². The Kier molecular flexibility index (Phi) is 8.41. The molecule has 2 N–H and O–H groups in total. The highest BCUT2D eigenvalue weighted by molar-refractivity contribution is 5.84. The van der Waals surface area contributed by atoms with E-state index in [1.54, 1.807) is 6.07 Å². The van der Waals surface area contributed by atoms with Crippen molar-refractivity contribution in [3.05, 3.63) is 108 Å². The molecule has 0 aromatic heterocycles. The van der Waals surface area contributed by atoms with Crippen LogP contribution in [0.15, 0.2) is 91.5 Å². The zero-order valence-electron chi connectivity index (χ0n) is 21.0. The SMILES string of the molecule is C=CCN1C[C@@H](C)N([C@H](c2ccc(NC(=O)OCc3ccccc3)cc2)c2cccc(O)c2)C[C@@H]1C. The van der Waals surface area contributed by atoms with Crippen molar-refractivity contribution < 1.29 is 14.6 Å². The molecule has 188 valence electrons. The molecular formula is C30H35N3O3. The van der Waals surface area contributed by atoms with Crippen LogP contribution in [0.25, 0.3) is 0 Å². The van der Waals surface area contributed by atoms with Crippen LogP contribution in [0.1, 0.15) is 36.6 Å². The van der Waals surface area contributed by atoms with Crippen LogP contribution in [0.5, 0.6) is 5.75 Å². The Morgan fingerprint density at radius 2 is 1.78 bits per heavy atom. The number of hydrogen-bond donors (Lipinski definition) is 2. The van der Waals surface area contributed by atoms with Crippen molar-refractivity contribution in [2.75, 3.05) is 25.0 Å². The number of rotatable bonds is 8. The van der Waals surface area contributed by atoms with Crippen LogP contribution >= 0.6 is 0 Å². The van der Waals surface area contributed by atoms with E-state index in [9.17, 15) is 9.90 Å². The largest absolute Gasteiger partial charge is 0.508 e.